The van der Waals surface area contributed by atoms with Crippen molar-refractivity contribution in [1.29, 1.82) is 0 Å². The molecule has 0 unspecified atom stereocenters. The molecule has 0 aliphatic heterocycles. The number of carbonyl (C=O) groups is 1. The van der Waals surface area contributed by atoms with Crippen molar-refractivity contribution in [3.05, 3.63) is 60.4 Å². The van der Waals surface area contributed by atoms with Crippen LogP contribution in [0.4, 0.5) is 5.69 Å². The first kappa shape index (κ1) is 19.1. The first-order valence-electron chi connectivity index (χ1n) is 9.74. The molecule has 2 aliphatic carbocycles. The van der Waals surface area contributed by atoms with Crippen molar-refractivity contribution in [3.8, 4) is 0 Å². The predicted molar refractivity (Wildman–Crippen MR) is 109 cm³/mol. The lowest BCUT2D eigenvalue weighted by molar-refractivity contribution is -0.128. The minimum atomic E-state index is -3.72. The summed E-state index contributed by atoms with van der Waals surface area (Å²) in [6.45, 7) is 4.37. The van der Waals surface area contributed by atoms with Gasteiger partial charge in [-0.2, -0.15) is 0 Å². The molecule has 0 amide bonds. The van der Waals surface area contributed by atoms with Crippen LogP contribution in [0.5, 0.6) is 0 Å². The minimum Gasteiger partial charge on any atom is -0.299 e. The highest BCUT2D eigenvalue weighted by atomic mass is 32.2. The van der Waals surface area contributed by atoms with E-state index in [4.69, 9.17) is 0 Å². The third-order valence-corrected chi connectivity index (χ3v) is 8.89. The van der Waals surface area contributed by atoms with Crippen LogP contribution in [0, 0.1) is 16.7 Å². The average molecular weight is 399 g/mol. The fourth-order valence-corrected chi connectivity index (χ4v) is 7.35. The molecule has 0 saturated heterocycles. The van der Waals surface area contributed by atoms with Crippen LogP contribution in [0.3, 0.4) is 0 Å². The molecule has 1 aromatic heterocycles. The van der Waals surface area contributed by atoms with Crippen molar-refractivity contribution in [2.75, 3.05) is 10.1 Å². The first-order chi connectivity index (χ1) is 13.3. The van der Waals surface area contributed by atoms with E-state index in [1.165, 1.54) is 4.31 Å². The summed E-state index contributed by atoms with van der Waals surface area (Å²) in [7, 11) is -3.72. The Bertz CT molecular complexity index is 973. The molecule has 2 fully saturated rings. The Hall–Kier alpha value is -2.21. The second-order valence-electron chi connectivity index (χ2n) is 8.62. The molecule has 2 aliphatic rings. The van der Waals surface area contributed by atoms with Crippen LogP contribution < -0.4 is 4.31 Å². The van der Waals surface area contributed by atoms with Gasteiger partial charge in [0.15, 0.2) is 0 Å². The lowest BCUT2D eigenvalue weighted by atomic mass is 9.70. The van der Waals surface area contributed by atoms with E-state index in [1.54, 1.807) is 24.5 Å². The maximum Gasteiger partial charge on any atom is 0.236 e. The molecular formula is C22H26N2O3S. The van der Waals surface area contributed by atoms with E-state index >= 15 is 0 Å². The van der Waals surface area contributed by atoms with Gasteiger partial charge in [0.25, 0.3) is 0 Å². The number of anilines is 1. The fourth-order valence-electron chi connectivity index (χ4n) is 5.11. The van der Waals surface area contributed by atoms with Gasteiger partial charge in [0.1, 0.15) is 5.78 Å². The molecule has 0 spiro atoms. The molecule has 4 rings (SSSR count). The molecule has 0 radical (unpaired) electrons. The van der Waals surface area contributed by atoms with E-state index in [0.717, 1.165) is 12.0 Å². The summed E-state index contributed by atoms with van der Waals surface area (Å²) in [6, 6.07) is 12.9. The van der Waals surface area contributed by atoms with Crippen molar-refractivity contribution in [3.63, 3.8) is 0 Å². The maximum atomic E-state index is 13.7. The Morgan fingerprint density at radius 3 is 2.36 bits per heavy atom. The van der Waals surface area contributed by atoms with Crippen molar-refractivity contribution in [2.45, 2.75) is 39.7 Å². The topological polar surface area (TPSA) is 67.3 Å². The Kier molecular flexibility index (Phi) is 4.57. The molecule has 5 nitrogen and oxygen atoms in total. The van der Waals surface area contributed by atoms with E-state index in [9.17, 15) is 13.2 Å². The lowest BCUT2D eigenvalue weighted by Gasteiger charge is -2.38. The Balaban J connectivity index is 1.72. The summed E-state index contributed by atoms with van der Waals surface area (Å²) < 4.78 is 28.8. The number of hydrogen-bond donors (Lipinski definition) is 0. The van der Waals surface area contributed by atoms with Gasteiger partial charge >= 0.3 is 0 Å². The first-order valence-corrected chi connectivity index (χ1v) is 11.3. The zero-order chi connectivity index (χ0) is 20.0. The van der Waals surface area contributed by atoms with Crippen LogP contribution in [-0.4, -0.2) is 24.9 Å². The monoisotopic (exact) mass is 398 g/mol. The van der Waals surface area contributed by atoms with E-state index < -0.39 is 15.4 Å². The second-order valence-corrected chi connectivity index (χ2v) is 10.5. The van der Waals surface area contributed by atoms with Crippen molar-refractivity contribution < 1.29 is 13.2 Å². The van der Waals surface area contributed by atoms with E-state index in [2.05, 4.69) is 18.8 Å². The third kappa shape index (κ3) is 2.94. The Labute approximate surface area is 166 Å². The molecule has 148 valence electrons. The highest BCUT2D eigenvalue weighted by Gasteiger charge is 2.65. The number of benzene rings is 1. The smallest absolute Gasteiger partial charge is 0.236 e. The van der Waals surface area contributed by atoms with Gasteiger partial charge < -0.3 is 0 Å². The number of Topliss-reactive ketones (excluding diaryl/α,β-unsaturated/α-hetero) is 1. The summed E-state index contributed by atoms with van der Waals surface area (Å²) in [4.78, 5) is 16.9. The molecule has 2 bridgehead atoms. The minimum absolute atomic E-state index is 0.117. The zero-order valence-electron chi connectivity index (χ0n) is 16.3. The number of sulfonamides is 1. The normalized spacial score (nSPS) is 25.8. The van der Waals surface area contributed by atoms with Crippen LogP contribution in [0.1, 0.15) is 38.7 Å². The van der Waals surface area contributed by atoms with Crippen LogP contribution in [0.15, 0.2) is 54.9 Å². The van der Waals surface area contributed by atoms with E-state index in [0.29, 0.717) is 24.4 Å². The number of aromatic nitrogens is 1. The molecule has 2 atom stereocenters. The van der Waals surface area contributed by atoms with Crippen molar-refractivity contribution in [2.24, 2.45) is 16.7 Å². The summed E-state index contributed by atoms with van der Waals surface area (Å²) >= 11 is 0. The molecule has 2 aromatic rings. The predicted octanol–water partition coefficient (Wildman–Crippen LogP) is 3.81. The number of fused-ring (bicyclic) bond motifs is 2. The fraction of sp³-hybridized carbons (Fsp3) is 0.455. The third-order valence-electron chi connectivity index (χ3n) is 7.02. The van der Waals surface area contributed by atoms with E-state index in [1.807, 2.05) is 30.3 Å². The van der Waals surface area contributed by atoms with Gasteiger partial charge in [-0.25, -0.2) is 8.42 Å². The summed E-state index contributed by atoms with van der Waals surface area (Å²) in [5.41, 5.74) is 0.418. The number of rotatable bonds is 6. The van der Waals surface area contributed by atoms with Gasteiger partial charge in [-0.05, 0) is 41.9 Å². The van der Waals surface area contributed by atoms with Crippen LogP contribution in [0.2, 0.25) is 0 Å². The van der Waals surface area contributed by atoms with Gasteiger partial charge in [0, 0.05) is 18.8 Å². The second kappa shape index (κ2) is 6.69. The largest absolute Gasteiger partial charge is 0.299 e. The van der Waals surface area contributed by atoms with Crippen molar-refractivity contribution >= 4 is 21.5 Å². The SMILES string of the molecule is CC1(C)[C@H]2CC[C@@]1(CS(=O)(=O)N(Cc1ccccc1)c1ccncc1)C(=O)C2. The number of hydrogen-bond acceptors (Lipinski definition) is 4. The number of carbonyl (C=O) groups excluding carboxylic acids is 1. The van der Waals surface area contributed by atoms with Gasteiger partial charge in [-0.15, -0.1) is 0 Å². The maximum absolute atomic E-state index is 13.7. The van der Waals surface area contributed by atoms with Gasteiger partial charge in [0.2, 0.25) is 10.0 Å². The van der Waals surface area contributed by atoms with Crippen molar-refractivity contribution in [1.82, 2.24) is 4.98 Å². The number of pyridine rings is 1. The quantitative estimate of drug-likeness (QED) is 0.742. The average Bonchev–Trinajstić information content (AvgIpc) is 3.01. The summed E-state index contributed by atoms with van der Waals surface area (Å²) in [6.07, 6.45) is 5.30. The number of ketones is 1. The molecule has 1 heterocycles. The van der Waals surface area contributed by atoms with Gasteiger partial charge in [-0.3, -0.25) is 14.1 Å². The standard InChI is InChI=1S/C22H26N2O3S/c1-21(2)18-8-11-22(21,20(25)14-18)16-28(26,27)24(19-9-12-23-13-10-19)15-17-6-4-3-5-7-17/h3-7,9-10,12-13,18H,8,11,14-16H2,1-2H3/t18-,22+/m0/s1. The molecule has 28 heavy (non-hydrogen) atoms. The lowest BCUT2D eigenvalue weighted by Crippen LogP contribution is -2.46. The van der Waals surface area contributed by atoms with Crippen LogP contribution in [-0.2, 0) is 21.4 Å². The number of nitrogens with zero attached hydrogens (tertiary/aromatic N) is 2. The molecule has 1 aromatic carbocycles. The zero-order valence-corrected chi connectivity index (χ0v) is 17.2. The van der Waals surface area contributed by atoms with E-state index in [-0.39, 0.29) is 23.5 Å². The van der Waals surface area contributed by atoms with Gasteiger partial charge in [-0.1, -0.05) is 44.2 Å². The van der Waals surface area contributed by atoms with Crippen LogP contribution >= 0.6 is 0 Å². The van der Waals surface area contributed by atoms with Crippen LogP contribution in [0.25, 0.3) is 0 Å². The molecule has 0 N–H and O–H groups in total. The highest BCUT2D eigenvalue weighted by Crippen LogP contribution is 2.64. The molecule has 2 saturated carbocycles. The molecular weight excluding hydrogens is 372 g/mol. The molecule has 6 heteroatoms. The Morgan fingerprint density at radius 2 is 1.79 bits per heavy atom. The highest BCUT2D eigenvalue weighted by molar-refractivity contribution is 7.92. The summed E-state index contributed by atoms with van der Waals surface area (Å²) in [5.74, 6) is 0.280. The summed E-state index contributed by atoms with van der Waals surface area (Å²) in [5, 5.41) is 0. The Morgan fingerprint density at radius 1 is 1.11 bits per heavy atom. The van der Waals surface area contributed by atoms with Gasteiger partial charge in [0.05, 0.1) is 23.4 Å².